The summed E-state index contributed by atoms with van der Waals surface area (Å²) in [6, 6.07) is 0.842. The van der Waals surface area contributed by atoms with Crippen LogP contribution in [0, 0.1) is 12.7 Å². The Balaban J connectivity index is 1.47. The molecule has 1 atom stereocenters. The summed E-state index contributed by atoms with van der Waals surface area (Å²) in [4.78, 5) is 18.2. The SMILES string of the molecule is Cc1cc(N)nc(-c2nc3c4c(nc(OCCCCCN5CC(F)COS5)nc4c2F)N(CCO)CCO3)c1C(F)(F)F. The molecular weight excluding hydrogens is 601 g/mol. The Morgan fingerprint density at radius 2 is 1.95 bits per heavy atom. The molecule has 1 saturated heterocycles. The van der Waals surface area contributed by atoms with Crippen molar-refractivity contribution < 1.29 is 40.7 Å². The van der Waals surface area contributed by atoms with E-state index in [9.17, 15) is 22.7 Å². The number of anilines is 2. The third kappa shape index (κ3) is 6.94. The largest absolute Gasteiger partial charge is 0.475 e. The smallest absolute Gasteiger partial charge is 0.418 e. The molecule has 5 heterocycles. The van der Waals surface area contributed by atoms with Crippen molar-refractivity contribution in [3.8, 4) is 23.3 Å². The summed E-state index contributed by atoms with van der Waals surface area (Å²) >= 11 is 1.14. The van der Waals surface area contributed by atoms with Crippen molar-refractivity contribution in [1.82, 2.24) is 24.2 Å². The van der Waals surface area contributed by atoms with Gasteiger partial charge < -0.3 is 25.2 Å². The van der Waals surface area contributed by atoms with E-state index in [-0.39, 0.29) is 79.5 Å². The van der Waals surface area contributed by atoms with Gasteiger partial charge in [-0.3, -0.25) is 4.18 Å². The Kier molecular flexibility index (Phi) is 9.53. The first kappa shape index (κ1) is 31.2. The lowest BCUT2D eigenvalue weighted by molar-refractivity contribution is -0.137. The number of halogens is 5. The van der Waals surface area contributed by atoms with Gasteiger partial charge in [0.05, 0.1) is 44.2 Å². The molecule has 43 heavy (non-hydrogen) atoms. The van der Waals surface area contributed by atoms with Crippen LogP contribution in [0.1, 0.15) is 30.4 Å². The minimum absolute atomic E-state index is 0.0265. The van der Waals surface area contributed by atoms with E-state index in [4.69, 9.17) is 19.4 Å². The van der Waals surface area contributed by atoms with Crippen LogP contribution < -0.4 is 20.1 Å². The Morgan fingerprint density at radius 3 is 2.70 bits per heavy atom. The Bertz CT molecular complexity index is 1470. The fraction of sp³-hybridized carbons (Fsp3) is 0.538. The van der Waals surface area contributed by atoms with Gasteiger partial charge in [-0.05, 0) is 37.8 Å². The van der Waals surface area contributed by atoms with Gasteiger partial charge in [0.15, 0.2) is 5.82 Å². The lowest BCUT2D eigenvalue weighted by Crippen LogP contribution is -2.33. The highest BCUT2D eigenvalue weighted by Crippen LogP contribution is 2.43. The molecule has 0 bridgehead atoms. The van der Waals surface area contributed by atoms with E-state index in [1.54, 1.807) is 9.21 Å². The molecule has 0 radical (unpaired) electrons. The van der Waals surface area contributed by atoms with E-state index in [0.717, 1.165) is 31.1 Å². The summed E-state index contributed by atoms with van der Waals surface area (Å²) in [7, 11) is 0. The van der Waals surface area contributed by atoms with Gasteiger partial charge in [0, 0.05) is 19.6 Å². The molecule has 3 aromatic rings. The van der Waals surface area contributed by atoms with Crippen LogP contribution in [-0.4, -0.2) is 88.1 Å². The topological polar surface area (TPSA) is 132 Å². The molecule has 3 aromatic heterocycles. The molecule has 1 fully saturated rings. The Morgan fingerprint density at radius 1 is 1.14 bits per heavy atom. The fourth-order valence-electron chi connectivity index (χ4n) is 4.92. The zero-order chi connectivity index (χ0) is 30.7. The summed E-state index contributed by atoms with van der Waals surface area (Å²) in [6.07, 6.45) is -3.85. The second kappa shape index (κ2) is 13.2. The predicted molar refractivity (Wildman–Crippen MR) is 149 cm³/mol. The average molecular weight is 632 g/mol. The van der Waals surface area contributed by atoms with Crippen LogP contribution >= 0.6 is 12.2 Å². The van der Waals surface area contributed by atoms with Gasteiger partial charge in [-0.15, -0.1) is 0 Å². The number of aliphatic hydroxyl groups excluding tert-OH is 1. The summed E-state index contributed by atoms with van der Waals surface area (Å²) in [5, 5.41) is 9.64. The van der Waals surface area contributed by atoms with Crippen molar-refractivity contribution in [3.63, 3.8) is 0 Å². The summed E-state index contributed by atoms with van der Waals surface area (Å²) in [5.74, 6) is -1.45. The third-order valence-corrected chi connectivity index (χ3v) is 7.60. The molecule has 0 aromatic carbocycles. The van der Waals surface area contributed by atoms with E-state index in [0.29, 0.717) is 19.5 Å². The summed E-state index contributed by atoms with van der Waals surface area (Å²) in [6.45, 7) is 2.46. The minimum Gasteiger partial charge on any atom is -0.475 e. The van der Waals surface area contributed by atoms with Crippen LogP contribution in [0.5, 0.6) is 11.9 Å². The van der Waals surface area contributed by atoms with E-state index < -0.39 is 35.1 Å². The zero-order valence-electron chi connectivity index (χ0n) is 23.2. The Hall–Kier alpha value is -3.28. The minimum atomic E-state index is -4.88. The number of nitrogens with zero attached hydrogens (tertiary/aromatic N) is 6. The van der Waals surface area contributed by atoms with Crippen molar-refractivity contribution >= 4 is 34.8 Å². The molecule has 5 rings (SSSR count). The number of ether oxygens (including phenoxy) is 2. The van der Waals surface area contributed by atoms with Crippen molar-refractivity contribution in [2.75, 3.05) is 63.2 Å². The number of hydrogen-bond donors (Lipinski definition) is 2. The maximum atomic E-state index is 16.2. The fourth-order valence-corrected chi connectivity index (χ4v) is 5.71. The Labute approximate surface area is 247 Å². The zero-order valence-corrected chi connectivity index (χ0v) is 24.0. The number of pyridine rings is 2. The van der Waals surface area contributed by atoms with Gasteiger partial charge >= 0.3 is 12.2 Å². The lowest BCUT2D eigenvalue weighted by Gasteiger charge is -2.26. The highest BCUT2D eigenvalue weighted by molar-refractivity contribution is 7.92. The van der Waals surface area contributed by atoms with E-state index >= 15 is 4.39 Å². The van der Waals surface area contributed by atoms with E-state index in [2.05, 4.69) is 19.9 Å². The number of nitrogen functional groups attached to an aromatic ring is 1. The maximum Gasteiger partial charge on any atom is 0.418 e. The standard InChI is InChI=1S/C26H30F5N7O4S/c1-14-11-16(32)33-21(18(14)26(29,30)31)22-19(28)20-17-23(37(6-8-39)7-10-40-24(17)34-22)36-25(35-20)41-9-4-2-3-5-38-12-15(27)13-42-43-38/h11,15,39H,2-10,12-13H2,1H3,(H2,32,33). The van der Waals surface area contributed by atoms with Crippen molar-refractivity contribution in [2.24, 2.45) is 0 Å². The number of rotatable bonds is 10. The van der Waals surface area contributed by atoms with Crippen LogP contribution in [0.3, 0.4) is 0 Å². The maximum absolute atomic E-state index is 16.2. The van der Waals surface area contributed by atoms with Crippen molar-refractivity contribution in [1.29, 1.82) is 0 Å². The molecule has 0 aliphatic carbocycles. The van der Waals surface area contributed by atoms with Crippen molar-refractivity contribution in [2.45, 2.75) is 38.5 Å². The third-order valence-electron chi connectivity index (χ3n) is 6.82. The van der Waals surface area contributed by atoms with Crippen LogP contribution in [0.2, 0.25) is 0 Å². The average Bonchev–Trinajstić information content (AvgIpc) is 3.11. The molecule has 234 valence electrons. The number of unbranched alkanes of at least 4 members (excludes halogenated alkanes) is 2. The lowest BCUT2D eigenvalue weighted by atomic mass is 10.0. The number of aromatic nitrogens is 4. The normalized spacial score (nSPS) is 17.7. The highest BCUT2D eigenvalue weighted by atomic mass is 32.2. The predicted octanol–water partition coefficient (Wildman–Crippen LogP) is 4.11. The van der Waals surface area contributed by atoms with Gasteiger partial charge in [0.1, 0.15) is 46.7 Å². The van der Waals surface area contributed by atoms with Gasteiger partial charge in [0.25, 0.3) is 0 Å². The molecule has 2 aliphatic rings. The van der Waals surface area contributed by atoms with Crippen LogP contribution in [0.4, 0.5) is 33.6 Å². The number of alkyl halides is 4. The number of nitrogens with two attached hydrogens (primary N) is 1. The van der Waals surface area contributed by atoms with Gasteiger partial charge in [-0.2, -0.15) is 23.1 Å². The molecule has 11 nitrogen and oxygen atoms in total. The quantitative estimate of drug-likeness (QED) is 0.145. The summed E-state index contributed by atoms with van der Waals surface area (Å²) in [5.41, 5.74) is 2.43. The molecular formula is C26H30F5N7O4S. The molecule has 0 amide bonds. The first-order valence-corrected chi connectivity index (χ1v) is 14.3. The van der Waals surface area contributed by atoms with Gasteiger partial charge in [-0.25, -0.2) is 23.1 Å². The molecule has 17 heteroatoms. The van der Waals surface area contributed by atoms with E-state index in [1.165, 1.54) is 6.92 Å². The molecule has 2 aliphatic heterocycles. The van der Waals surface area contributed by atoms with Crippen LogP contribution in [-0.2, 0) is 10.4 Å². The first-order chi connectivity index (χ1) is 20.6. The molecule has 1 unspecified atom stereocenters. The van der Waals surface area contributed by atoms with E-state index in [1.807, 2.05) is 0 Å². The van der Waals surface area contributed by atoms with Gasteiger partial charge in [0.2, 0.25) is 5.88 Å². The molecule has 3 N–H and O–H groups in total. The monoisotopic (exact) mass is 631 g/mol. The summed E-state index contributed by atoms with van der Waals surface area (Å²) < 4.78 is 90.3. The highest BCUT2D eigenvalue weighted by Gasteiger charge is 2.39. The number of aliphatic hydroxyl groups is 1. The second-order valence-corrected chi connectivity index (χ2v) is 10.9. The number of aryl methyl sites for hydroxylation is 1. The first-order valence-electron chi connectivity index (χ1n) is 13.6. The second-order valence-electron chi connectivity index (χ2n) is 10.0. The number of hydrogen-bond acceptors (Lipinski definition) is 12. The molecule has 0 spiro atoms. The van der Waals surface area contributed by atoms with Crippen molar-refractivity contribution in [3.05, 3.63) is 23.0 Å². The number of β-amino-alcohol motifs (C(OH)–C–C–N with tert-alkyl or cyclic N) is 1. The van der Waals surface area contributed by atoms with Crippen LogP contribution in [0.15, 0.2) is 6.07 Å². The van der Waals surface area contributed by atoms with Gasteiger partial charge in [-0.1, -0.05) is 0 Å². The van der Waals surface area contributed by atoms with Crippen LogP contribution in [0.25, 0.3) is 22.3 Å². The molecule has 0 saturated carbocycles.